The number of aliphatic hydroxyl groups is 1. The van der Waals surface area contributed by atoms with Gasteiger partial charge in [0, 0.05) is 17.5 Å². The summed E-state index contributed by atoms with van der Waals surface area (Å²) in [5.74, 6) is 1.12. The van der Waals surface area contributed by atoms with Crippen LogP contribution < -0.4 is 10.5 Å². The molecule has 1 saturated heterocycles. The Morgan fingerprint density at radius 3 is 2.53 bits per heavy atom. The molecule has 9 heteroatoms. The van der Waals surface area contributed by atoms with Crippen molar-refractivity contribution < 1.29 is 14.6 Å². The van der Waals surface area contributed by atoms with Crippen LogP contribution in [0.1, 0.15) is 16.8 Å². The van der Waals surface area contributed by atoms with Crippen LogP contribution in [0.2, 0.25) is 0 Å². The summed E-state index contributed by atoms with van der Waals surface area (Å²) in [6, 6.07) is 16.8. The van der Waals surface area contributed by atoms with Crippen molar-refractivity contribution >= 4 is 17.6 Å². The van der Waals surface area contributed by atoms with Crippen molar-refractivity contribution in [2.45, 2.75) is 23.0 Å². The normalized spacial score (nSPS) is 17.5. The molecule has 3 N–H and O–H groups in total. The zero-order valence-electron chi connectivity index (χ0n) is 16.9. The SMILES string of the molecule is N#Cc1c(N)nc(SCc2ccccn2)c(C#N)c1-c1ccc(O[C@H]2COC[C@@H]2O)cc1. The van der Waals surface area contributed by atoms with Gasteiger partial charge in [0.25, 0.3) is 0 Å². The molecule has 0 radical (unpaired) electrons. The van der Waals surface area contributed by atoms with E-state index in [9.17, 15) is 15.6 Å². The Kier molecular flexibility index (Phi) is 6.52. The molecule has 3 aromatic rings. The summed E-state index contributed by atoms with van der Waals surface area (Å²) < 4.78 is 11.0. The monoisotopic (exact) mass is 445 g/mol. The standard InChI is InChI=1S/C23H19N5O3S/c24-9-17-21(14-4-6-16(7-5-14)31-20-12-30-11-19(20)29)18(10-25)23(28-22(17)26)32-13-15-3-1-2-8-27-15/h1-8,19-20,29H,11-13H2,(H2,26,28)/t19-,20-/m0/s1. The van der Waals surface area contributed by atoms with Crippen molar-refractivity contribution in [3.63, 3.8) is 0 Å². The molecule has 0 unspecified atom stereocenters. The molecule has 0 saturated carbocycles. The first kappa shape index (κ1) is 21.6. The van der Waals surface area contributed by atoms with E-state index in [1.807, 2.05) is 18.2 Å². The van der Waals surface area contributed by atoms with E-state index in [0.29, 0.717) is 34.3 Å². The van der Waals surface area contributed by atoms with E-state index in [-0.39, 0.29) is 23.6 Å². The fourth-order valence-electron chi connectivity index (χ4n) is 3.33. The molecule has 2 aromatic heterocycles. The zero-order valence-corrected chi connectivity index (χ0v) is 17.7. The molecular weight excluding hydrogens is 426 g/mol. The van der Waals surface area contributed by atoms with Gasteiger partial charge in [-0.3, -0.25) is 4.98 Å². The number of nitriles is 2. The summed E-state index contributed by atoms with van der Waals surface area (Å²) in [6.07, 6.45) is 0.591. The smallest absolute Gasteiger partial charge is 0.150 e. The summed E-state index contributed by atoms with van der Waals surface area (Å²) in [7, 11) is 0. The Hall–Kier alpha value is -3.63. The number of nitrogen functional groups attached to an aromatic ring is 1. The Balaban J connectivity index is 1.67. The fraction of sp³-hybridized carbons (Fsp3) is 0.217. The predicted octanol–water partition coefficient (Wildman–Crippen LogP) is 2.90. The zero-order chi connectivity index (χ0) is 22.5. The lowest BCUT2D eigenvalue weighted by Gasteiger charge is -2.16. The van der Waals surface area contributed by atoms with E-state index < -0.39 is 12.2 Å². The molecule has 1 aromatic carbocycles. The first-order valence-electron chi connectivity index (χ1n) is 9.80. The molecule has 0 spiro atoms. The number of rotatable bonds is 6. The highest BCUT2D eigenvalue weighted by molar-refractivity contribution is 7.98. The van der Waals surface area contributed by atoms with Crippen LogP contribution in [0.3, 0.4) is 0 Å². The highest BCUT2D eigenvalue weighted by Crippen LogP contribution is 2.37. The molecule has 1 aliphatic rings. The van der Waals surface area contributed by atoms with Gasteiger partial charge in [0.15, 0.2) is 0 Å². The highest BCUT2D eigenvalue weighted by Gasteiger charge is 2.28. The quantitative estimate of drug-likeness (QED) is 0.548. The number of anilines is 1. The van der Waals surface area contributed by atoms with Crippen LogP contribution in [-0.2, 0) is 10.5 Å². The Labute approximate surface area is 189 Å². The average Bonchev–Trinajstić information content (AvgIpc) is 3.22. The molecule has 1 fully saturated rings. The molecule has 4 rings (SSSR count). The lowest BCUT2D eigenvalue weighted by molar-refractivity contribution is 0.0733. The molecule has 0 bridgehead atoms. The van der Waals surface area contributed by atoms with E-state index in [1.165, 1.54) is 11.8 Å². The van der Waals surface area contributed by atoms with Crippen LogP contribution in [0.5, 0.6) is 5.75 Å². The number of pyridine rings is 2. The number of hydrogen-bond acceptors (Lipinski definition) is 9. The van der Waals surface area contributed by atoms with Gasteiger partial charge < -0.3 is 20.3 Å². The lowest BCUT2D eigenvalue weighted by atomic mass is 9.97. The van der Waals surface area contributed by atoms with E-state index >= 15 is 0 Å². The molecule has 32 heavy (non-hydrogen) atoms. The second kappa shape index (κ2) is 9.67. The Bertz CT molecular complexity index is 1190. The van der Waals surface area contributed by atoms with Crippen LogP contribution in [0.25, 0.3) is 11.1 Å². The van der Waals surface area contributed by atoms with E-state index in [0.717, 1.165) is 5.69 Å². The number of thioether (sulfide) groups is 1. The third-order valence-electron chi connectivity index (χ3n) is 4.93. The predicted molar refractivity (Wildman–Crippen MR) is 119 cm³/mol. The fourth-order valence-corrected chi connectivity index (χ4v) is 4.24. The number of aliphatic hydroxyl groups excluding tert-OH is 1. The number of ether oxygens (including phenoxy) is 2. The maximum atomic E-state index is 9.91. The molecule has 2 atom stereocenters. The minimum atomic E-state index is -0.677. The van der Waals surface area contributed by atoms with Gasteiger partial charge in [-0.2, -0.15) is 10.5 Å². The van der Waals surface area contributed by atoms with E-state index in [2.05, 4.69) is 22.1 Å². The summed E-state index contributed by atoms with van der Waals surface area (Å²) in [6.45, 7) is 0.562. The molecule has 8 nitrogen and oxygen atoms in total. The molecule has 0 aliphatic carbocycles. The molecule has 160 valence electrons. The molecular formula is C23H19N5O3S. The van der Waals surface area contributed by atoms with Gasteiger partial charge in [-0.25, -0.2) is 4.98 Å². The van der Waals surface area contributed by atoms with Crippen molar-refractivity contribution in [2.24, 2.45) is 0 Å². The molecule has 1 aliphatic heterocycles. The van der Waals surface area contributed by atoms with E-state index in [4.69, 9.17) is 15.2 Å². The topological polar surface area (TPSA) is 138 Å². The minimum Gasteiger partial charge on any atom is -0.485 e. The van der Waals surface area contributed by atoms with Crippen LogP contribution in [-0.4, -0.2) is 40.5 Å². The van der Waals surface area contributed by atoms with Gasteiger partial charge in [-0.15, -0.1) is 0 Å². The highest BCUT2D eigenvalue weighted by atomic mass is 32.2. The largest absolute Gasteiger partial charge is 0.485 e. The number of benzene rings is 1. The third kappa shape index (κ3) is 4.51. The lowest BCUT2D eigenvalue weighted by Crippen LogP contribution is -2.29. The Morgan fingerprint density at radius 1 is 1.12 bits per heavy atom. The minimum absolute atomic E-state index is 0.0663. The second-order valence-electron chi connectivity index (χ2n) is 7.05. The van der Waals surface area contributed by atoms with Gasteiger partial charge in [-0.05, 0) is 29.8 Å². The van der Waals surface area contributed by atoms with Crippen LogP contribution in [0.4, 0.5) is 5.82 Å². The Morgan fingerprint density at radius 2 is 1.91 bits per heavy atom. The number of hydrogen-bond donors (Lipinski definition) is 2. The average molecular weight is 446 g/mol. The molecule has 3 heterocycles. The maximum absolute atomic E-state index is 9.91. The number of nitrogens with zero attached hydrogens (tertiary/aromatic N) is 4. The van der Waals surface area contributed by atoms with Gasteiger partial charge >= 0.3 is 0 Å². The van der Waals surface area contributed by atoms with Gasteiger partial charge in [0.05, 0.1) is 24.5 Å². The van der Waals surface area contributed by atoms with Crippen LogP contribution >= 0.6 is 11.8 Å². The maximum Gasteiger partial charge on any atom is 0.150 e. The van der Waals surface area contributed by atoms with Gasteiger partial charge in [0.2, 0.25) is 0 Å². The summed E-state index contributed by atoms with van der Waals surface area (Å²) in [4.78, 5) is 8.60. The molecule has 0 amide bonds. The van der Waals surface area contributed by atoms with Crippen LogP contribution in [0.15, 0.2) is 53.7 Å². The van der Waals surface area contributed by atoms with E-state index in [1.54, 1.807) is 30.5 Å². The van der Waals surface area contributed by atoms with Crippen molar-refractivity contribution in [3.8, 4) is 29.0 Å². The first-order chi connectivity index (χ1) is 15.6. The van der Waals surface area contributed by atoms with Gasteiger partial charge in [0.1, 0.15) is 46.5 Å². The van der Waals surface area contributed by atoms with Crippen molar-refractivity contribution in [1.82, 2.24) is 9.97 Å². The number of nitrogens with two attached hydrogens (primary N) is 1. The van der Waals surface area contributed by atoms with Crippen molar-refractivity contribution in [2.75, 3.05) is 18.9 Å². The second-order valence-corrected chi connectivity index (χ2v) is 8.01. The summed E-state index contributed by atoms with van der Waals surface area (Å²) in [5.41, 5.74) is 8.42. The summed E-state index contributed by atoms with van der Waals surface area (Å²) >= 11 is 1.34. The first-order valence-corrected chi connectivity index (χ1v) is 10.8. The van der Waals surface area contributed by atoms with Crippen molar-refractivity contribution in [3.05, 3.63) is 65.5 Å². The number of aromatic nitrogens is 2. The van der Waals surface area contributed by atoms with Crippen LogP contribution in [0, 0.1) is 22.7 Å². The van der Waals surface area contributed by atoms with Crippen molar-refractivity contribution in [1.29, 1.82) is 10.5 Å². The third-order valence-corrected chi connectivity index (χ3v) is 5.94. The van der Waals surface area contributed by atoms with Gasteiger partial charge in [-0.1, -0.05) is 30.0 Å². The summed E-state index contributed by atoms with van der Waals surface area (Å²) in [5, 5.41) is 29.9.